The van der Waals surface area contributed by atoms with E-state index >= 15 is 0 Å². The number of nitrogens with two attached hydrogens (primary N) is 1. The number of fused-ring (bicyclic) bond motifs is 6. The maximum atomic E-state index is 13.5. The quantitative estimate of drug-likeness (QED) is 0.534. The Labute approximate surface area is 174 Å². The van der Waals surface area contributed by atoms with Crippen LogP contribution in [-0.2, 0) is 12.8 Å². The van der Waals surface area contributed by atoms with Crippen molar-refractivity contribution in [1.82, 2.24) is 24.6 Å². The number of anilines is 2. The van der Waals surface area contributed by atoms with Gasteiger partial charge in [-0.1, -0.05) is 0 Å². The van der Waals surface area contributed by atoms with Gasteiger partial charge in [-0.2, -0.15) is 4.52 Å². The second kappa shape index (κ2) is 6.13. The number of pyridine rings is 1. The molecule has 11 heteroatoms. The molecule has 4 aromatic rings. The largest absolute Gasteiger partial charge is 0.586 e. The van der Waals surface area contributed by atoms with Gasteiger partial charge >= 0.3 is 6.29 Å². The number of hydrogen-bond donors (Lipinski definition) is 1. The highest BCUT2D eigenvalue weighted by atomic mass is 19.3. The van der Waals surface area contributed by atoms with E-state index in [0.717, 1.165) is 18.7 Å². The van der Waals surface area contributed by atoms with Crippen LogP contribution in [-0.4, -0.2) is 43.4 Å². The molecule has 0 saturated heterocycles. The minimum atomic E-state index is -3.74. The SMILES string of the molecule is C[C@H](Cc1nc2c3ccc4c(c3nc(N)n2n1)OC(F)(F)O4)N1CCc2ccncc21. The molecule has 2 aliphatic heterocycles. The van der Waals surface area contributed by atoms with Crippen LogP contribution in [0.2, 0.25) is 0 Å². The first-order valence-corrected chi connectivity index (χ1v) is 9.83. The summed E-state index contributed by atoms with van der Waals surface area (Å²) < 4.78 is 37.6. The Hall–Kier alpha value is -3.76. The zero-order valence-corrected chi connectivity index (χ0v) is 16.4. The fourth-order valence-corrected chi connectivity index (χ4v) is 4.31. The first-order valence-electron chi connectivity index (χ1n) is 9.83. The Kier molecular flexibility index (Phi) is 3.57. The summed E-state index contributed by atoms with van der Waals surface area (Å²) in [7, 11) is 0. The van der Waals surface area contributed by atoms with Crippen LogP contribution in [0.5, 0.6) is 11.5 Å². The molecule has 0 radical (unpaired) electrons. The zero-order chi connectivity index (χ0) is 21.3. The summed E-state index contributed by atoms with van der Waals surface area (Å²) in [5.74, 6) is 0.352. The van der Waals surface area contributed by atoms with Gasteiger partial charge in [0.05, 0.1) is 11.9 Å². The topological polar surface area (TPSA) is 104 Å². The monoisotopic (exact) mass is 425 g/mol. The zero-order valence-electron chi connectivity index (χ0n) is 16.4. The lowest BCUT2D eigenvalue weighted by Gasteiger charge is -2.26. The number of benzene rings is 1. The molecule has 1 aromatic carbocycles. The van der Waals surface area contributed by atoms with Crippen LogP contribution in [0.1, 0.15) is 18.3 Å². The van der Waals surface area contributed by atoms with Crippen molar-refractivity contribution in [3.63, 3.8) is 0 Å². The van der Waals surface area contributed by atoms with Crippen LogP contribution in [0.3, 0.4) is 0 Å². The summed E-state index contributed by atoms with van der Waals surface area (Å²) in [6, 6.07) is 5.17. The van der Waals surface area contributed by atoms with Crippen LogP contribution in [0.25, 0.3) is 16.6 Å². The van der Waals surface area contributed by atoms with E-state index in [-0.39, 0.29) is 29.0 Å². The van der Waals surface area contributed by atoms with E-state index in [0.29, 0.717) is 23.3 Å². The number of halogens is 2. The normalized spacial score (nSPS) is 17.5. The minimum absolute atomic E-state index is 0.0248. The molecule has 1 atom stereocenters. The van der Waals surface area contributed by atoms with Gasteiger partial charge in [-0.05, 0) is 37.1 Å². The number of rotatable bonds is 3. The van der Waals surface area contributed by atoms with Crippen molar-refractivity contribution >= 4 is 28.2 Å². The molecule has 0 aliphatic carbocycles. The minimum Gasteiger partial charge on any atom is -0.395 e. The molecule has 0 spiro atoms. The Morgan fingerprint density at radius 2 is 2.10 bits per heavy atom. The van der Waals surface area contributed by atoms with Crippen LogP contribution < -0.4 is 20.1 Å². The van der Waals surface area contributed by atoms with E-state index in [1.165, 1.54) is 16.1 Å². The lowest BCUT2D eigenvalue weighted by atomic mass is 10.2. The standard InChI is InChI=1S/C20H17F2N7O2/c1-10(28-7-5-11-4-6-24-9-13(11)28)8-15-25-18-12-2-3-14-17(31-20(21,22)30-14)16(12)26-19(23)29(18)27-15/h2-4,6,9-10H,5,7-8H2,1H3,(H2,23,26)/t10-/m1/s1. The Morgan fingerprint density at radius 3 is 2.97 bits per heavy atom. The molecule has 0 amide bonds. The highest BCUT2D eigenvalue weighted by Crippen LogP contribution is 2.45. The van der Waals surface area contributed by atoms with E-state index in [2.05, 4.69) is 41.3 Å². The Morgan fingerprint density at radius 1 is 1.23 bits per heavy atom. The van der Waals surface area contributed by atoms with Crippen LogP contribution in [0.4, 0.5) is 20.4 Å². The number of nitrogens with zero attached hydrogens (tertiary/aromatic N) is 6. The molecule has 0 bridgehead atoms. The number of hydrogen-bond acceptors (Lipinski definition) is 8. The molecule has 9 nitrogen and oxygen atoms in total. The van der Waals surface area contributed by atoms with Crippen LogP contribution >= 0.6 is 0 Å². The molecule has 0 unspecified atom stereocenters. The van der Waals surface area contributed by atoms with Crippen LogP contribution in [0.15, 0.2) is 30.6 Å². The van der Waals surface area contributed by atoms with E-state index < -0.39 is 6.29 Å². The predicted molar refractivity (Wildman–Crippen MR) is 107 cm³/mol. The number of aromatic nitrogens is 5. The molecule has 6 rings (SSSR count). The molecule has 2 aliphatic rings. The molecule has 3 aromatic heterocycles. The molecule has 31 heavy (non-hydrogen) atoms. The van der Waals surface area contributed by atoms with Gasteiger partial charge in [0.25, 0.3) is 0 Å². The Balaban J connectivity index is 1.38. The van der Waals surface area contributed by atoms with Gasteiger partial charge in [0.1, 0.15) is 5.52 Å². The summed E-state index contributed by atoms with van der Waals surface area (Å²) in [5.41, 5.74) is 9.04. The van der Waals surface area contributed by atoms with Crippen molar-refractivity contribution in [1.29, 1.82) is 0 Å². The van der Waals surface area contributed by atoms with Gasteiger partial charge in [0.2, 0.25) is 5.95 Å². The first-order chi connectivity index (χ1) is 14.9. The maximum absolute atomic E-state index is 13.5. The first kappa shape index (κ1) is 18.0. The lowest BCUT2D eigenvalue weighted by Crippen LogP contribution is -2.33. The molecule has 5 heterocycles. The molecular formula is C20H17F2N7O2. The second-order valence-corrected chi connectivity index (χ2v) is 7.69. The van der Waals surface area contributed by atoms with E-state index in [4.69, 9.17) is 5.73 Å². The average Bonchev–Trinajstić information content (AvgIpc) is 3.42. The molecule has 0 saturated carbocycles. The summed E-state index contributed by atoms with van der Waals surface area (Å²) in [4.78, 5) is 15.4. The predicted octanol–water partition coefficient (Wildman–Crippen LogP) is 2.57. The summed E-state index contributed by atoms with van der Waals surface area (Å²) in [5, 5.41) is 5.00. The van der Waals surface area contributed by atoms with Crippen molar-refractivity contribution in [2.45, 2.75) is 32.1 Å². The van der Waals surface area contributed by atoms with E-state index in [1.54, 1.807) is 12.3 Å². The fourth-order valence-electron chi connectivity index (χ4n) is 4.31. The van der Waals surface area contributed by atoms with Crippen molar-refractivity contribution in [3.8, 4) is 11.5 Å². The summed E-state index contributed by atoms with van der Waals surface area (Å²) in [6.45, 7) is 3.01. The third-order valence-electron chi connectivity index (χ3n) is 5.71. The van der Waals surface area contributed by atoms with Gasteiger partial charge in [0, 0.05) is 30.6 Å². The number of alkyl halides is 2. The summed E-state index contributed by atoms with van der Waals surface area (Å²) >= 11 is 0. The molecule has 0 fully saturated rings. The molecule has 158 valence electrons. The van der Waals surface area contributed by atoms with Crippen molar-refractivity contribution in [2.75, 3.05) is 17.2 Å². The smallest absolute Gasteiger partial charge is 0.395 e. The highest BCUT2D eigenvalue weighted by molar-refractivity contribution is 5.97. The van der Waals surface area contributed by atoms with Crippen molar-refractivity contribution in [3.05, 3.63) is 42.0 Å². The maximum Gasteiger partial charge on any atom is 0.586 e. The number of nitrogen functional groups attached to an aromatic ring is 1. The molecule has 2 N–H and O–H groups in total. The molecular weight excluding hydrogens is 408 g/mol. The third kappa shape index (κ3) is 2.72. The van der Waals surface area contributed by atoms with Gasteiger partial charge < -0.3 is 20.1 Å². The lowest BCUT2D eigenvalue weighted by molar-refractivity contribution is -0.286. The van der Waals surface area contributed by atoms with E-state index in [1.807, 2.05) is 12.3 Å². The fraction of sp³-hybridized carbons (Fsp3) is 0.300. The highest BCUT2D eigenvalue weighted by Gasteiger charge is 2.45. The van der Waals surface area contributed by atoms with E-state index in [9.17, 15) is 8.78 Å². The third-order valence-corrected chi connectivity index (χ3v) is 5.71. The average molecular weight is 425 g/mol. The Bertz CT molecular complexity index is 1360. The second-order valence-electron chi connectivity index (χ2n) is 7.69. The van der Waals surface area contributed by atoms with Crippen LogP contribution in [0, 0.1) is 0 Å². The van der Waals surface area contributed by atoms with Gasteiger partial charge in [-0.3, -0.25) is 4.98 Å². The van der Waals surface area contributed by atoms with Gasteiger partial charge in [-0.25, -0.2) is 9.97 Å². The number of ether oxygens (including phenoxy) is 2. The van der Waals surface area contributed by atoms with Crippen molar-refractivity contribution in [2.24, 2.45) is 0 Å². The van der Waals surface area contributed by atoms with Gasteiger partial charge in [0.15, 0.2) is 23.0 Å². The van der Waals surface area contributed by atoms with Gasteiger partial charge in [-0.15, -0.1) is 13.9 Å². The summed E-state index contributed by atoms with van der Waals surface area (Å²) in [6.07, 6.45) is 1.48. The van der Waals surface area contributed by atoms with Crippen molar-refractivity contribution < 1.29 is 18.3 Å².